The lowest BCUT2D eigenvalue weighted by molar-refractivity contribution is -0.137. The van der Waals surface area contributed by atoms with Crippen LogP contribution in [0.4, 0.5) is 0 Å². The third-order valence-corrected chi connectivity index (χ3v) is 3.81. The molecule has 0 aliphatic carbocycles. The average molecular weight is 329 g/mol. The van der Waals surface area contributed by atoms with Crippen LogP contribution in [0.2, 0.25) is 5.02 Å². The highest BCUT2D eigenvalue weighted by Crippen LogP contribution is 2.26. The predicted molar refractivity (Wildman–Crippen MR) is 91.7 cm³/mol. The molecule has 4 heteroatoms. The molecule has 118 valence electrons. The van der Waals surface area contributed by atoms with Crippen LogP contribution in [0, 0.1) is 6.92 Å². The molecule has 23 heavy (non-hydrogen) atoms. The van der Waals surface area contributed by atoms with Crippen LogP contribution >= 0.6 is 11.6 Å². The fourth-order valence-corrected chi connectivity index (χ4v) is 2.37. The summed E-state index contributed by atoms with van der Waals surface area (Å²) in [5, 5.41) is 0.540. The first-order valence-corrected chi connectivity index (χ1v) is 7.66. The van der Waals surface area contributed by atoms with Gasteiger partial charge in [0.1, 0.15) is 0 Å². The van der Waals surface area contributed by atoms with Crippen molar-refractivity contribution in [1.29, 1.82) is 0 Å². The van der Waals surface area contributed by atoms with E-state index < -0.39 is 5.97 Å². The van der Waals surface area contributed by atoms with Crippen molar-refractivity contribution in [3.05, 3.63) is 75.8 Å². The summed E-state index contributed by atoms with van der Waals surface area (Å²) in [5.41, 5.74) is 2.45. The molecule has 2 rings (SSSR count). The molecule has 0 heterocycles. The molecule has 2 aromatic carbocycles. The van der Waals surface area contributed by atoms with Gasteiger partial charge in [0.05, 0.1) is 6.61 Å². The van der Waals surface area contributed by atoms with E-state index in [0.717, 1.165) is 5.56 Å². The van der Waals surface area contributed by atoms with Gasteiger partial charge in [-0.3, -0.25) is 4.79 Å². The van der Waals surface area contributed by atoms with E-state index in [0.29, 0.717) is 28.3 Å². The van der Waals surface area contributed by atoms with Crippen LogP contribution in [0.15, 0.2) is 48.5 Å². The minimum absolute atomic E-state index is 0.117. The minimum Gasteiger partial charge on any atom is -0.463 e. The van der Waals surface area contributed by atoms with Crippen molar-refractivity contribution in [2.24, 2.45) is 0 Å². The van der Waals surface area contributed by atoms with E-state index in [1.807, 2.05) is 25.1 Å². The molecule has 0 amide bonds. The number of ketones is 1. The molecule has 0 radical (unpaired) electrons. The standard InChI is InChI=1S/C19H17ClO3/c1-3-23-18(21)12-10-15-13(2)17(20)11-9-16(15)19(22)14-7-5-4-6-8-14/h4-12H,3H2,1-2H3/b12-10+. The van der Waals surface area contributed by atoms with Gasteiger partial charge in [-0.15, -0.1) is 0 Å². The Morgan fingerprint density at radius 3 is 2.48 bits per heavy atom. The SMILES string of the molecule is CCOC(=O)/C=C/c1c(C(=O)c2ccccc2)ccc(Cl)c1C. The van der Waals surface area contributed by atoms with Crippen molar-refractivity contribution in [3.63, 3.8) is 0 Å². The van der Waals surface area contributed by atoms with Crippen molar-refractivity contribution in [2.45, 2.75) is 13.8 Å². The molecule has 0 aliphatic rings. The van der Waals surface area contributed by atoms with Crippen molar-refractivity contribution in [3.8, 4) is 0 Å². The Morgan fingerprint density at radius 1 is 1.13 bits per heavy atom. The normalized spacial score (nSPS) is 10.7. The van der Waals surface area contributed by atoms with Crippen LogP contribution in [-0.4, -0.2) is 18.4 Å². The number of ether oxygens (including phenoxy) is 1. The lowest BCUT2D eigenvalue weighted by Crippen LogP contribution is -2.06. The topological polar surface area (TPSA) is 43.4 Å². The maximum Gasteiger partial charge on any atom is 0.330 e. The largest absolute Gasteiger partial charge is 0.463 e. The van der Waals surface area contributed by atoms with Gasteiger partial charge in [0.2, 0.25) is 0 Å². The minimum atomic E-state index is -0.454. The second-order valence-corrected chi connectivity index (χ2v) is 5.32. The van der Waals surface area contributed by atoms with Crippen molar-refractivity contribution in [2.75, 3.05) is 6.61 Å². The first-order chi connectivity index (χ1) is 11.0. The molecular formula is C19H17ClO3. The summed E-state index contributed by atoms with van der Waals surface area (Å²) in [6.45, 7) is 3.85. The van der Waals surface area contributed by atoms with Crippen molar-refractivity contribution < 1.29 is 14.3 Å². The molecule has 0 atom stereocenters. The first kappa shape index (κ1) is 17.0. The van der Waals surface area contributed by atoms with Crippen molar-refractivity contribution in [1.82, 2.24) is 0 Å². The van der Waals surface area contributed by atoms with E-state index in [1.54, 1.807) is 37.3 Å². The zero-order chi connectivity index (χ0) is 16.8. The van der Waals surface area contributed by atoms with Gasteiger partial charge in [0.25, 0.3) is 0 Å². The van der Waals surface area contributed by atoms with Gasteiger partial charge < -0.3 is 4.74 Å². The molecule has 0 N–H and O–H groups in total. The second-order valence-electron chi connectivity index (χ2n) is 4.91. The number of carbonyl (C=O) groups excluding carboxylic acids is 2. The van der Waals surface area contributed by atoms with Crippen LogP contribution in [0.25, 0.3) is 6.08 Å². The van der Waals surface area contributed by atoms with Crippen LogP contribution in [-0.2, 0) is 9.53 Å². The molecule has 0 bridgehead atoms. The smallest absolute Gasteiger partial charge is 0.330 e. The Hall–Kier alpha value is -2.39. The highest BCUT2D eigenvalue weighted by Gasteiger charge is 2.15. The quantitative estimate of drug-likeness (QED) is 0.462. The zero-order valence-electron chi connectivity index (χ0n) is 13.0. The highest BCUT2D eigenvalue weighted by atomic mass is 35.5. The lowest BCUT2D eigenvalue weighted by Gasteiger charge is -2.10. The van der Waals surface area contributed by atoms with Crippen molar-refractivity contribution >= 4 is 29.4 Å². The van der Waals surface area contributed by atoms with Gasteiger partial charge in [-0.2, -0.15) is 0 Å². The molecule has 0 spiro atoms. The average Bonchev–Trinajstić information content (AvgIpc) is 2.56. The van der Waals surface area contributed by atoms with Crippen LogP contribution in [0.5, 0.6) is 0 Å². The van der Waals surface area contributed by atoms with E-state index in [2.05, 4.69) is 0 Å². The monoisotopic (exact) mass is 328 g/mol. The van der Waals surface area contributed by atoms with E-state index in [4.69, 9.17) is 16.3 Å². The summed E-state index contributed by atoms with van der Waals surface area (Å²) in [4.78, 5) is 24.2. The number of hydrogen-bond donors (Lipinski definition) is 0. The first-order valence-electron chi connectivity index (χ1n) is 7.28. The molecule has 0 saturated carbocycles. The fourth-order valence-electron chi connectivity index (χ4n) is 2.20. The summed E-state index contributed by atoms with van der Waals surface area (Å²) in [7, 11) is 0. The second kappa shape index (κ2) is 7.75. The Bertz CT molecular complexity index is 749. The Kier molecular flexibility index (Phi) is 5.72. The molecule has 0 saturated heterocycles. The number of hydrogen-bond acceptors (Lipinski definition) is 3. The van der Waals surface area contributed by atoms with Gasteiger partial charge in [0.15, 0.2) is 5.78 Å². The molecular weight excluding hydrogens is 312 g/mol. The van der Waals surface area contributed by atoms with E-state index in [-0.39, 0.29) is 5.78 Å². The number of esters is 1. The Morgan fingerprint density at radius 2 is 1.83 bits per heavy atom. The van der Waals surface area contributed by atoms with Gasteiger partial charge >= 0.3 is 5.97 Å². The number of halogens is 1. The third kappa shape index (κ3) is 4.08. The van der Waals surface area contributed by atoms with E-state index >= 15 is 0 Å². The fraction of sp³-hybridized carbons (Fsp3) is 0.158. The molecule has 0 fully saturated rings. The summed E-state index contributed by atoms with van der Waals surface area (Å²) < 4.78 is 4.88. The summed E-state index contributed by atoms with van der Waals surface area (Å²) in [6, 6.07) is 12.3. The van der Waals surface area contributed by atoms with Gasteiger partial charge in [-0.25, -0.2) is 4.79 Å². The van der Waals surface area contributed by atoms with Crippen LogP contribution in [0.3, 0.4) is 0 Å². The van der Waals surface area contributed by atoms with Gasteiger partial charge in [0, 0.05) is 22.2 Å². The molecule has 0 aliphatic heterocycles. The van der Waals surface area contributed by atoms with Gasteiger partial charge in [-0.1, -0.05) is 41.9 Å². The number of benzene rings is 2. The molecule has 0 unspecified atom stereocenters. The Labute approximate surface area is 140 Å². The van der Waals surface area contributed by atoms with Crippen LogP contribution < -0.4 is 0 Å². The number of carbonyl (C=O) groups is 2. The van der Waals surface area contributed by atoms with E-state index in [9.17, 15) is 9.59 Å². The lowest BCUT2D eigenvalue weighted by atomic mass is 9.95. The summed E-state index contributed by atoms with van der Waals surface area (Å²) in [6.07, 6.45) is 2.89. The number of rotatable bonds is 5. The third-order valence-electron chi connectivity index (χ3n) is 3.40. The summed E-state index contributed by atoms with van der Waals surface area (Å²) >= 11 is 6.15. The van der Waals surface area contributed by atoms with E-state index in [1.165, 1.54) is 6.08 Å². The van der Waals surface area contributed by atoms with Crippen LogP contribution in [0.1, 0.15) is 34.0 Å². The van der Waals surface area contributed by atoms with Gasteiger partial charge in [-0.05, 0) is 43.2 Å². The maximum atomic E-state index is 12.7. The Balaban J connectivity index is 2.46. The maximum absolute atomic E-state index is 12.7. The predicted octanol–water partition coefficient (Wildman–Crippen LogP) is 4.46. The molecule has 0 aromatic heterocycles. The molecule has 3 nitrogen and oxygen atoms in total. The molecule has 2 aromatic rings. The summed E-state index contributed by atoms with van der Waals surface area (Å²) in [5.74, 6) is -0.570. The zero-order valence-corrected chi connectivity index (χ0v) is 13.8. The highest BCUT2D eigenvalue weighted by molar-refractivity contribution is 6.32.